The molecule has 0 fully saturated rings. The quantitative estimate of drug-likeness (QED) is 0.582. The third kappa shape index (κ3) is 2.64. The molecular weight excluding hydrogens is 190 g/mol. The van der Waals surface area contributed by atoms with Crippen molar-refractivity contribution >= 4 is 24.7 Å². The Morgan fingerprint density at radius 2 is 2.00 bits per heavy atom. The second-order valence-electron chi connectivity index (χ2n) is 3.59. The lowest BCUT2D eigenvalue weighted by atomic mass is 9.94. The van der Waals surface area contributed by atoms with Crippen LogP contribution in [0.5, 0.6) is 0 Å². The van der Waals surface area contributed by atoms with Gasteiger partial charge in [0.2, 0.25) is 0 Å². The van der Waals surface area contributed by atoms with Gasteiger partial charge in [-0.25, -0.2) is 4.39 Å². The number of halogens is 1. The molecule has 0 saturated carbocycles. The molecule has 0 unspecified atom stereocenters. The van der Waals surface area contributed by atoms with Crippen molar-refractivity contribution in [3.8, 4) is 0 Å². The van der Waals surface area contributed by atoms with Gasteiger partial charge in [-0.3, -0.25) is 0 Å². The van der Waals surface area contributed by atoms with Crippen molar-refractivity contribution < 1.29 is 4.39 Å². The van der Waals surface area contributed by atoms with E-state index < -0.39 is 5.82 Å². The summed E-state index contributed by atoms with van der Waals surface area (Å²) in [7, 11) is 5.40. The summed E-state index contributed by atoms with van der Waals surface area (Å²) in [5, 5.41) is 3.19. The summed E-state index contributed by atoms with van der Waals surface area (Å²) in [6.07, 6.45) is 1.95. The first kappa shape index (κ1) is 11.9. The zero-order valence-corrected chi connectivity index (χ0v) is 9.18. The van der Waals surface area contributed by atoms with E-state index in [9.17, 15) is 4.39 Å². The normalized spacial score (nSPS) is 10.7. The first-order valence-electron chi connectivity index (χ1n) is 5.20. The van der Waals surface area contributed by atoms with E-state index in [2.05, 4.69) is 19.2 Å². The predicted molar refractivity (Wildman–Crippen MR) is 64.2 cm³/mol. The average molecular weight is 206 g/mol. The van der Waals surface area contributed by atoms with Gasteiger partial charge < -0.3 is 11.1 Å². The van der Waals surface area contributed by atoms with Gasteiger partial charge in [0, 0.05) is 6.04 Å². The Morgan fingerprint density at radius 3 is 2.53 bits per heavy atom. The Balaban J connectivity index is 2.91. The first-order valence-corrected chi connectivity index (χ1v) is 5.20. The predicted octanol–water partition coefficient (Wildman–Crippen LogP) is 1.80. The fourth-order valence-corrected chi connectivity index (χ4v) is 1.45. The molecule has 2 radical (unpaired) electrons. The number of benzene rings is 1. The van der Waals surface area contributed by atoms with Gasteiger partial charge in [-0.05, 0) is 18.9 Å². The maximum Gasteiger partial charge on any atom is 0.141 e. The Labute approximate surface area is 91.5 Å². The average Bonchev–Trinajstić information content (AvgIpc) is 2.25. The molecule has 1 rings (SSSR count). The summed E-state index contributed by atoms with van der Waals surface area (Å²) in [6, 6.07) is 3.55. The number of nitrogen functional groups attached to an aromatic ring is 1. The summed E-state index contributed by atoms with van der Waals surface area (Å²) >= 11 is 0. The second kappa shape index (κ2) is 5.05. The molecule has 3 N–H and O–H groups in total. The smallest absolute Gasteiger partial charge is 0.141 e. The molecule has 0 atom stereocenters. The summed E-state index contributed by atoms with van der Waals surface area (Å²) in [5.74, 6) is -0.536. The largest absolute Gasteiger partial charge is 0.395 e. The standard InChI is InChI=1S/C11H16BFN2/c1-3-7(4-2)15-9-6-5-8(12)10(13)11(9)14/h5-7,15H,3-4,14H2,1-2H3. The monoisotopic (exact) mass is 206 g/mol. The van der Waals surface area contributed by atoms with Crippen LogP contribution in [0.1, 0.15) is 26.7 Å². The molecule has 1 aromatic carbocycles. The van der Waals surface area contributed by atoms with Crippen molar-refractivity contribution in [3.63, 3.8) is 0 Å². The molecule has 0 bridgehead atoms. The van der Waals surface area contributed by atoms with E-state index >= 15 is 0 Å². The third-order valence-corrected chi connectivity index (χ3v) is 2.55. The summed E-state index contributed by atoms with van der Waals surface area (Å²) in [6.45, 7) is 4.15. The van der Waals surface area contributed by atoms with Crippen LogP contribution in [0, 0.1) is 5.82 Å². The van der Waals surface area contributed by atoms with Gasteiger partial charge >= 0.3 is 0 Å². The fraction of sp³-hybridized carbons (Fsp3) is 0.455. The van der Waals surface area contributed by atoms with E-state index in [1.54, 1.807) is 6.07 Å². The van der Waals surface area contributed by atoms with Crippen molar-refractivity contribution in [1.82, 2.24) is 0 Å². The van der Waals surface area contributed by atoms with Crippen LogP contribution in [0.15, 0.2) is 12.1 Å². The molecule has 0 aliphatic rings. The van der Waals surface area contributed by atoms with Crippen molar-refractivity contribution in [3.05, 3.63) is 17.9 Å². The minimum Gasteiger partial charge on any atom is -0.395 e. The molecule has 0 aliphatic carbocycles. The molecule has 1 aromatic rings. The van der Waals surface area contributed by atoms with Gasteiger partial charge in [-0.2, -0.15) is 0 Å². The number of anilines is 2. The highest BCUT2D eigenvalue weighted by atomic mass is 19.1. The van der Waals surface area contributed by atoms with E-state index in [0.29, 0.717) is 11.7 Å². The minimum absolute atomic E-state index is 0.0857. The molecule has 15 heavy (non-hydrogen) atoms. The summed E-state index contributed by atoms with van der Waals surface area (Å²) < 4.78 is 13.4. The van der Waals surface area contributed by atoms with Crippen LogP contribution in [0.3, 0.4) is 0 Å². The van der Waals surface area contributed by atoms with Gasteiger partial charge in [0.15, 0.2) is 0 Å². The highest BCUT2D eigenvalue weighted by Crippen LogP contribution is 2.21. The number of nitrogens with two attached hydrogens (primary N) is 1. The van der Waals surface area contributed by atoms with Crippen LogP contribution in [0.2, 0.25) is 0 Å². The lowest BCUT2D eigenvalue weighted by Gasteiger charge is -2.18. The molecule has 2 nitrogen and oxygen atoms in total. The van der Waals surface area contributed by atoms with Crippen molar-refractivity contribution in [2.75, 3.05) is 11.1 Å². The Hall–Kier alpha value is -1.19. The Morgan fingerprint density at radius 1 is 1.40 bits per heavy atom. The van der Waals surface area contributed by atoms with E-state index in [-0.39, 0.29) is 11.2 Å². The SMILES string of the molecule is [B]c1ccc(NC(CC)CC)c(N)c1F. The van der Waals surface area contributed by atoms with Crippen molar-refractivity contribution in [2.45, 2.75) is 32.7 Å². The Bertz CT molecular complexity index is 338. The maximum atomic E-state index is 13.4. The van der Waals surface area contributed by atoms with Crippen LogP contribution in [-0.4, -0.2) is 13.9 Å². The molecule has 0 heterocycles. The van der Waals surface area contributed by atoms with Crippen molar-refractivity contribution in [1.29, 1.82) is 0 Å². The van der Waals surface area contributed by atoms with Crippen LogP contribution >= 0.6 is 0 Å². The number of nitrogens with one attached hydrogen (secondary N) is 1. The highest BCUT2D eigenvalue weighted by Gasteiger charge is 2.10. The lowest BCUT2D eigenvalue weighted by Crippen LogP contribution is -2.20. The minimum atomic E-state index is -0.536. The maximum absolute atomic E-state index is 13.4. The van der Waals surface area contributed by atoms with Crippen molar-refractivity contribution in [2.24, 2.45) is 0 Å². The van der Waals surface area contributed by atoms with Crippen LogP contribution in [0.25, 0.3) is 0 Å². The summed E-state index contributed by atoms with van der Waals surface area (Å²) in [5.41, 5.74) is 6.43. The molecule has 0 amide bonds. The van der Waals surface area contributed by atoms with E-state index in [1.807, 2.05) is 0 Å². The molecule has 0 aromatic heterocycles. The number of hydrogen-bond donors (Lipinski definition) is 2. The molecule has 0 saturated heterocycles. The molecular formula is C11H16BFN2. The third-order valence-electron chi connectivity index (χ3n) is 2.55. The summed E-state index contributed by atoms with van der Waals surface area (Å²) in [4.78, 5) is 0. The molecule has 80 valence electrons. The number of rotatable bonds is 4. The van der Waals surface area contributed by atoms with Crippen LogP contribution in [-0.2, 0) is 0 Å². The van der Waals surface area contributed by atoms with E-state index in [1.165, 1.54) is 6.07 Å². The molecule has 4 heteroatoms. The van der Waals surface area contributed by atoms with Gasteiger partial charge in [0.1, 0.15) is 13.7 Å². The lowest BCUT2D eigenvalue weighted by molar-refractivity contribution is 0.638. The van der Waals surface area contributed by atoms with Gasteiger partial charge in [0.05, 0.1) is 11.4 Å². The van der Waals surface area contributed by atoms with E-state index in [0.717, 1.165) is 12.8 Å². The molecule has 0 spiro atoms. The zero-order valence-electron chi connectivity index (χ0n) is 9.18. The van der Waals surface area contributed by atoms with Crippen LogP contribution in [0.4, 0.5) is 15.8 Å². The zero-order chi connectivity index (χ0) is 11.4. The highest BCUT2D eigenvalue weighted by molar-refractivity contribution is 6.33. The topological polar surface area (TPSA) is 38.0 Å². The first-order chi connectivity index (χ1) is 7.10. The van der Waals surface area contributed by atoms with Crippen LogP contribution < -0.4 is 16.5 Å². The van der Waals surface area contributed by atoms with E-state index in [4.69, 9.17) is 13.6 Å². The fourth-order valence-electron chi connectivity index (χ4n) is 1.45. The Kier molecular flexibility index (Phi) is 4.00. The molecule has 0 aliphatic heterocycles. The van der Waals surface area contributed by atoms with Gasteiger partial charge in [-0.1, -0.05) is 25.4 Å². The van der Waals surface area contributed by atoms with Gasteiger partial charge in [0.25, 0.3) is 0 Å². The second-order valence-corrected chi connectivity index (χ2v) is 3.59. The number of hydrogen-bond acceptors (Lipinski definition) is 2. The van der Waals surface area contributed by atoms with Gasteiger partial charge in [-0.15, -0.1) is 0 Å².